The van der Waals surface area contributed by atoms with Gasteiger partial charge in [0, 0.05) is 12.5 Å². The first-order chi connectivity index (χ1) is 8.56. The normalized spacial score (nSPS) is 9.94. The molecule has 0 heterocycles. The number of carbonyl (C=O) groups is 1. The predicted molar refractivity (Wildman–Crippen MR) is 67.4 cm³/mol. The van der Waals surface area contributed by atoms with Crippen LogP contribution in [0.3, 0.4) is 0 Å². The van der Waals surface area contributed by atoms with E-state index in [0.29, 0.717) is 29.4 Å². The second-order valence-electron chi connectivity index (χ2n) is 4.38. The minimum Gasteiger partial charge on any atom is -0.493 e. The summed E-state index contributed by atoms with van der Waals surface area (Å²) in [5.41, 5.74) is 0.467. The highest BCUT2D eigenvalue weighted by Gasteiger charge is 2.11. The molecule has 0 atom stereocenters. The first-order valence-corrected chi connectivity index (χ1v) is 5.85. The van der Waals surface area contributed by atoms with E-state index in [1.807, 2.05) is 6.07 Å². The first kappa shape index (κ1) is 14.0. The monoisotopic (exact) mass is 247 g/mol. The number of nitriles is 1. The summed E-state index contributed by atoms with van der Waals surface area (Å²) in [4.78, 5) is 11.6. The van der Waals surface area contributed by atoms with Crippen LogP contribution in [0.4, 0.5) is 0 Å². The van der Waals surface area contributed by atoms with E-state index in [-0.39, 0.29) is 5.97 Å². The van der Waals surface area contributed by atoms with Crippen LogP contribution in [-0.4, -0.2) is 13.1 Å². The minimum absolute atomic E-state index is 0.285. The molecule has 0 aliphatic rings. The number of carbonyl (C=O) groups excluding carboxylic acids is 1. The molecule has 1 rings (SSSR count). The maximum absolute atomic E-state index is 11.6. The van der Waals surface area contributed by atoms with Crippen LogP contribution in [0.5, 0.6) is 11.5 Å². The van der Waals surface area contributed by atoms with Crippen molar-refractivity contribution in [2.45, 2.75) is 26.7 Å². The molecule has 0 aromatic heterocycles. The molecule has 0 fully saturated rings. The highest BCUT2D eigenvalue weighted by Crippen LogP contribution is 2.28. The molecule has 18 heavy (non-hydrogen) atoms. The topological polar surface area (TPSA) is 59.3 Å². The van der Waals surface area contributed by atoms with Crippen molar-refractivity contribution in [3.63, 3.8) is 0 Å². The molecule has 0 radical (unpaired) electrons. The van der Waals surface area contributed by atoms with Crippen LogP contribution in [0.2, 0.25) is 0 Å². The van der Waals surface area contributed by atoms with Crippen molar-refractivity contribution in [2.24, 2.45) is 5.92 Å². The van der Waals surface area contributed by atoms with Crippen molar-refractivity contribution in [1.82, 2.24) is 0 Å². The number of nitrogens with zero attached hydrogens (tertiary/aromatic N) is 1. The van der Waals surface area contributed by atoms with Gasteiger partial charge in [-0.25, -0.2) is 0 Å². The van der Waals surface area contributed by atoms with E-state index in [1.165, 1.54) is 7.11 Å². The Bertz CT molecular complexity index is 461. The van der Waals surface area contributed by atoms with Crippen LogP contribution in [0, 0.1) is 17.2 Å². The van der Waals surface area contributed by atoms with Gasteiger partial charge in [0.1, 0.15) is 0 Å². The van der Waals surface area contributed by atoms with Gasteiger partial charge in [0.2, 0.25) is 0 Å². The molecule has 0 spiro atoms. The SMILES string of the molecule is COc1cc(C#N)ccc1OC(=O)CCC(C)C. The molecule has 0 unspecified atom stereocenters. The van der Waals surface area contributed by atoms with E-state index < -0.39 is 0 Å². The molecule has 0 saturated heterocycles. The number of ether oxygens (including phenoxy) is 2. The summed E-state index contributed by atoms with van der Waals surface area (Å²) in [6.07, 6.45) is 1.16. The van der Waals surface area contributed by atoms with E-state index in [2.05, 4.69) is 13.8 Å². The zero-order chi connectivity index (χ0) is 13.5. The Hall–Kier alpha value is -2.02. The van der Waals surface area contributed by atoms with Crippen molar-refractivity contribution in [3.8, 4) is 17.6 Å². The van der Waals surface area contributed by atoms with Gasteiger partial charge in [-0.1, -0.05) is 13.8 Å². The molecule has 0 saturated carbocycles. The Kier molecular flexibility index (Phi) is 5.19. The molecular weight excluding hydrogens is 230 g/mol. The van der Waals surface area contributed by atoms with Gasteiger partial charge in [-0.2, -0.15) is 5.26 Å². The van der Waals surface area contributed by atoms with Crippen molar-refractivity contribution >= 4 is 5.97 Å². The standard InChI is InChI=1S/C14H17NO3/c1-10(2)4-7-14(16)18-12-6-5-11(9-15)8-13(12)17-3/h5-6,8,10H,4,7H2,1-3H3. The van der Waals surface area contributed by atoms with Gasteiger partial charge in [0.15, 0.2) is 11.5 Å². The molecule has 1 aromatic rings. The Morgan fingerprint density at radius 3 is 2.67 bits per heavy atom. The number of methoxy groups -OCH3 is 1. The van der Waals surface area contributed by atoms with Crippen molar-refractivity contribution in [1.29, 1.82) is 5.26 Å². The number of esters is 1. The number of rotatable bonds is 5. The summed E-state index contributed by atoms with van der Waals surface area (Å²) in [6, 6.07) is 6.71. The minimum atomic E-state index is -0.285. The van der Waals surface area contributed by atoms with Crippen molar-refractivity contribution in [3.05, 3.63) is 23.8 Å². The molecule has 0 amide bonds. The summed E-state index contributed by atoms with van der Waals surface area (Å²) in [5.74, 6) is 0.921. The molecule has 1 aromatic carbocycles. The largest absolute Gasteiger partial charge is 0.493 e. The average molecular weight is 247 g/mol. The summed E-state index contributed by atoms with van der Waals surface area (Å²) in [5, 5.41) is 8.76. The number of hydrogen-bond acceptors (Lipinski definition) is 4. The van der Waals surface area contributed by atoms with Crippen molar-refractivity contribution < 1.29 is 14.3 Å². The zero-order valence-corrected chi connectivity index (χ0v) is 10.9. The smallest absolute Gasteiger partial charge is 0.311 e. The second-order valence-corrected chi connectivity index (χ2v) is 4.38. The fourth-order valence-corrected chi connectivity index (χ4v) is 1.40. The van der Waals surface area contributed by atoms with Gasteiger partial charge >= 0.3 is 5.97 Å². The lowest BCUT2D eigenvalue weighted by atomic mass is 10.1. The highest BCUT2D eigenvalue weighted by molar-refractivity contribution is 5.73. The summed E-state index contributed by atoms with van der Waals surface area (Å²) in [7, 11) is 1.47. The molecule has 96 valence electrons. The third-order valence-corrected chi connectivity index (χ3v) is 2.44. The quantitative estimate of drug-likeness (QED) is 0.593. The van der Waals surface area contributed by atoms with Crippen LogP contribution in [0.1, 0.15) is 32.3 Å². The van der Waals surface area contributed by atoms with Gasteiger partial charge in [0.25, 0.3) is 0 Å². The van der Waals surface area contributed by atoms with E-state index in [1.54, 1.807) is 18.2 Å². The lowest BCUT2D eigenvalue weighted by molar-refractivity contribution is -0.134. The Morgan fingerprint density at radius 1 is 1.39 bits per heavy atom. The Labute approximate surface area is 107 Å². The fourth-order valence-electron chi connectivity index (χ4n) is 1.40. The molecule has 4 heteroatoms. The van der Waals surface area contributed by atoms with Crippen molar-refractivity contribution in [2.75, 3.05) is 7.11 Å². The highest BCUT2D eigenvalue weighted by atomic mass is 16.6. The van der Waals surface area contributed by atoms with E-state index >= 15 is 0 Å². The molecule has 0 aliphatic heterocycles. The van der Waals surface area contributed by atoms with Crippen LogP contribution in [0.25, 0.3) is 0 Å². The van der Waals surface area contributed by atoms with Gasteiger partial charge in [-0.05, 0) is 24.5 Å². The van der Waals surface area contributed by atoms with E-state index in [0.717, 1.165) is 6.42 Å². The molecule has 0 aliphatic carbocycles. The zero-order valence-electron chi connectivity index (χ0n) is 10.9. The van der Waals surface area contributed by atoms with E-state index in [9.17, 15) is 4.79 Å². The van der Waals surface area contributed by atoms with Gasteiger partial charge in [0.05, 0.1) is 18.7 Å². The Balaban J connectivity index is 2.72. The average Bonchev–Trinajstić information content (AvgIpc) is 2.36. The third kappa shape index (κ3) is 4.10. The van der Waals surface area contributed by atoms with Gasteiger partial charge < -0.3 is 9.47 Å². The van der Waals surface area contributed by atoms with Crippen LogP contribution in [-0.2, 0) is 4.79 Å². The first-order valence-electron chi connectivity index (χ1n) is 5.85. The van der Waals surface area contributed by atoms with E-state index in [4.69, 9.17) is 14.7 Å². The lowest BCUT2D eigenvalue weighted by Crippen LogP contribution is -2.09. The van der Waals surface area contributed by atoms with Crippen LogP contribution >= 0.6 is 0 Å². The Morgan fingerprint density at radius 2 is 2.11 bits per heavy atom. The summed E-state index contributed by atoms with van der Waals surface area (Å²) in [6.45, 7) is 4.10. The third-order valence-electron chi connectivity index (χ3n) is 2.44. The molecule has 0 N–H and O–H groups in total. The second kappa shape index (κ2) is 6.65. The lowest BCUT2D eigenvalue weighted by Gasteiger charge is -2.09. The maximum Gasteiger partial charge on any atom is 0.311 e. The molecule has 4 nitrogen and oxygen atoms in total. The van der Waals surface area contributed by atoms with Gasteiger partial charge in [-0.15, -0.1) is 0 Å². The number of hydrogen-bond donors (Lipinski definition) is 0. The van der Waals surface area contributed by atoms with Gasteiger partial charge in [-0.3, -0.25) is 4.79 Å². The number of benzene rings is 1. The van der Waals surface area contributed by atoms with Crippen LogP contribution < -0.4 is 9.47 Å². The molecule has 0 bridgehead atoms. The predicted octanol–water partition coefficient (Wildman–Crippen LogP) is 2.91. The summed E-state index contributed by atoms with van der Waals surface area (Å²) >= 11 is 0. The summed E-state index contributed by atoms with van der Waals surface area (Å²) < 4.78 is 10.3. The molecular formula is C14H17NO3. The van der Waals surface area contributed by atoms with Crippen LogP contribution in [0.15, 0.2) is 18.2 Å². The fraction of sp³-hybridized carbons (Fsp3) is 0.429. The maximum atomic E-state index is 11.6.